The van der Waals surface area contributed by atoms with E-state index in [1.54, 1.807) is 0 Å². The third-order valence-corrected chi connectivity index (χ3v) is 5.49. The fraction of sp³-hybridized carbons (Fsp3) is 0.333. The van der Waals surface area contributed by atoms with E-state index in [9.17, 15) is 18.5 Å². The Bertz CT molecular complexity index is 918. The smallest absolute Gasteiger partial charge is 0.270 e. The number of non-ortho nitro benzene ring substituents is 1. The molecule has 0 saturated carbocycles. The fourth-order valence-corrected chi connectivity index (χ4v) is 4.03. The molecule has 3 rings (SSSR count). The van der Waals surface area contributed by atoms with Crippen molar-refractivity contribution in [1.29, 1.82) is 0 Å². The van der Waals surface area contributed by atoms with Gasteiger partial charge in [0.05, 0.1) is 17.2 Å². The molecule has 1 heterocycles. The Morgan fingerprint density at radius 2 is 1.96 bits per heavy atom. The molecule has 2 aromatic rings. The van der Waals surface area contributed by atoms with E-state index in [-0.39, 0.29) is 16.5 Å². The van der Waals surface area contributed by atoms with Crippen LogP contribution >= 0.6 is 0 Å². The summed E-state index contributed by atoms with van der Waals surface area (Å²) < 4.78 is 29.8. The van der Waals surface area contributed by atoms with Gasteiger partial charge >= 0.3 is 0 Å². The number of hydrogen-bond donors (Lipinski definition) is 1. The van der Waals surface area contributed by atoms with E-state index in [2.05, 4.69) is 0 Å². The van der Waals surface area contributed by atoms with Crippen LogP contribution in [0, 0.1) is 16.0 Å². The van der Waals surface area contributed by atoms with Crippen molar-refractivity contribution in [3.8, 4) is 5.75 Å². The summed E-state index contributed by atoms with van der Waals surface area (Å²) in [4.78, 5) is 12.0. The van der Waals surface area contributed by atoms with E-state index in [1.165, 1.54) is 12.1 Å². The standard InChI is InChI=1S/C18H21N3O5S/c19-27(24,25)18-11-15(21(22)23)8-9-17(18)20-10-4-5-14(12-20)13-26-16-6-2-1-3-7-16/h1-3,6-9,11,14H,4-5,10,12-13H2,(H2,19,24,25). The van der Waals surface area contributed by atoms with Crippen molar-refractivity contribution < 1.29 is 18.1 Å². The molecule has 0 aliphatic carbocycles. The Morgan fingerprint density at radius 3 is 2.63 bits per heavy atom. The molecular formula is C18H21N3O5S. The van der Waals surface area contributed by atoms with Crippen LogP contribution in [0.25, 0.3) is 0 Å². The maximum absolute atomic E-state index is 12.0. The summed E-state index contributed by atoms with van der Waals surface area (Å²) in [5.41, 5.74) is 0.0938. The first-order valence-corrected chi connectivity index (χ1v) is 10.1. The van der Waals surface area contributed by atoms with Gasteiger partial charge in [-0.1, -0.05) is 18.2 Å². The lowest BCUT2D eigenvalue weighted by atomic mass is 9.98. The first kappa shape index (κ1) is 19.1. The molecule has 1 unspecified atom stereocenters. The number of nitro benzene ring substituents is 1. The van der Waals surface area contributed by atoms with Crippen LogP contribution in [0.1, 0.15) is 12.8 Å². The summed E-state index contributed by atoms with van der Waals surface area (Å²) in [5, 5.41) is 16.3. The van der Waals surface area contributed by atoms with Crippen molar-refractivity contribution in [1.82, 2.24) is 0 Å². The summed E-state index contributed by atoms with van der Waals surface area (Å²) in [7, 11) is -4.09. The van der Waals surface area contributed by atoms with E-state index in [4.69, 9.17) is 9.88 Å². The molecule has 1 fully saturated rings. The molecule has 2 N–H and O–H groups in total. The second-order valence-corrected chi connectivity index (χ2v) is 8.06. The lowest BCUT2D eigenvalue weighted by Gasteiger charge is -2.35. The molecule has 8 nitrogen and oxygen atoms in total. The highest BCUT2D eigenvalue weighted by atomic mass is 32.2. The molecule has 0 radical (unpaired) electrons. The number of sulfonamides is 1. The zero-order chi connectivity index (χ0) is 19.4. The maximum Gasteiger partial charge on any atom is 0.270 e. The maximum atomic E-state index is 12.0. The molecule has 9 heteroatoms. The number of benzene rings is 2. The van der Waals surface area contributed by atoms with E-state index in [1.807, 2.05) is 35.2 Å². The average molecular weight is 391 g/mol. The quantitative estimate of drug-likeness (QED) is 0.597. The van der Waals surface area contributed by atoms with Crippen molar-refractivity contribution in [2.24, 2.45) is 11.1 Å². The van der Waals surface area contributed by atoms with Crippen LogP contribution in [0.3, 0.4) is 0 Å². The van der Waals surface area contributed by atoms with E-state index < -0.39 is 14.9 Å². The zero-order valence-corrected chi connectivity index (χ0v) is 15.5. The number of anilines is 1. The van der Waals surface area contributed by atoms with Crippen molar-refractivity contribution >= 4 is 21.4 Å². The van der Waals surface area contributed by atoms with Gasteiger partial charge in [-0.3, -0.25) is 10.1 Å². The number of rotatable bonds is 6. The Hall–Kier alpha value is -2.65. The summed E-state index contributed by atoms with van der Waals surface area (Å²) in [5.74, 6) is 0.998. The van der Waals surface area contributed by atoms with Crippen molar-refractivity contribution in [2.45, 2.75) is 17.7 Å². The topological polar surface area (TPSA) is 116 Å². The Balaban J connectivity index is 1.78. The van der Waals surface area contributed by atoms with Gasteiger partial charge in [-0.2, -0.15) is 0 Å². The Labute approximate surface area is 157 Å². The SMILES string of the molecule is NS(=O)(=O)c1cc([N+](=O)[O-])ccc1N1CCCC(COc2ccccc2)C1. The third-order valence-electron chi connectivity index (χ3n) is 4.55. The monoisotopic (exact) mass is 391 g/mol. The number of ether oxygens (including phenoxy) is 1. The first-order chi connectivity index (χ1) is 12.8. The summed E-state index contributed by atoms with van der Waals surface area (Å²) in [6, 6.07) is 13.3. The molecule has 27 heavy (non-hydrogen) atoms. The number of nitro groups is 1. The van der Waals surface area contributed by atoms with Gasteiger partial charge in [0.15, 0.2) is 0 Å². The van der Waals surface area contributed by atoms with Gasteiger partial charge in [-0.25, -0.2) is 13.6 Å². The first-order valence-electron chi connectivity index (χ1n) is 8.58. The van der Waals surface area contributed by atoms with Gasteiger partial charge in [0.25, 0.3) is 5.69 Å². The number of nitrogens with zero attached hydrogens (tertiary/aromatic N) is 2. The minimum atomic E-state index is -4.09. The van der Waals surface area contributed by atoms with Crippen LogP contribution in [-0.4, -0.2) is 33.0 Å². The largest absolute Gasteiger partial charge is 0.493 e. The Morgan fingerprint density at radius 1 is 1.22 bits per heavy atom. The van der Waals surface area contributed by atoms with Crippen LogP contribution in [0.2, 0.25) is 0 Å². The third kappa shape index (κ3) is 4.75. The van der Waals surface area contributed by atoms with Gasteiger partial charge in [-0.15, -0.1) is 0 Å². The highest BCUT2D eigenvalue weighted by Crippen LogP contribution is 2.32. The minimum Gasteiger partial charge on any atom is -0.493 e. The van der Waals surface area contributed by atoms with Crippen molar-refractivity contribution in [2.75, 3.05) is 24.6 Å². The van der Waals surface area contributed by atoms with Gasteiger partial charge in [0, 0.05) is 31.1 Å². The molecule has 0 bridgehead atoms. The van der Waals surface area contributed by atoms with Crippen LogP contribution in [-0.2, 0) is 10.0 Å². The molecule has 2 aromatic carbocycles. The number of nitrogens with two attached hydrogens (primary N) is 1. The summed E-state index contributed by atoms with van der Waals surface area (Å²) >= 11 is 0. The van der Waals surface area contributed by atoms with Crippen LogP contribution in [0.4, 0.5) is 11.4 Å². The van der Waals surface area contributed by atoms with Gasteiger partial charge in [-0.05, 0) is 31.0 Å². The van der Waals surface area contributed by atoms with Gasteiger partial charge < -0.3 is 9.64 Å². The normalized spacial score (nSPS) is 17.5. The highest BCUT2D eigenvalue weighted by molar-refractivity contribution is 7.89. The number of hydrogen-bond acceptors (Lipinski definition) is 6. The lowest BCUT2D eigenvalue weighted by Crippen LogP contribution is -2.38. The van der Waals surface area contributed by atoms with E-state index in [0.717, 1.165) is 24.7 Å². The predicted molar refractivity (Wildman–Crippen MR) is 101 cm³/mol. The predicted octanol–water partition coefficient (Wildman–Crippen LogP) is 2.54. The molecule has 1 atom stereocenters. The number of primary sulfonamides is 1. The molecular weight excluding hydrogens is 370 g/mol. The minimum absolute atomic E-state index is 0.211. The number of para-hydroxylation sites is 1. The molecule has 1 aliphatic rings. The van der Waals surface area contributed by atoms with Gasteiger partial charge in [0.2, 0.25) is 10.0 Å². The summed E-state index contributed by atoms with van der Waals surface area (Å²) in [6.07, 6.45) is 1.82. The molecule has 0 aromatic heterocycles. The van der Waals surface area contributed by atoms with Crippen molar-refractivity contribution in [3.05, 3.63) is 58.6 Å². The summed E-state index contributed by atoms with van der Waals surface area (Å²) in [6.45, 7) is 1.76. The molecule has 0 amide bonds. The average Bonchev–Trinajstić information content (AvgIpc) is 2.66. The lowest BCUT2D eigenvalue weighted by molar-refractivity contribution is -0.385. The Kier molecular flexibility index (Phi) is 5.62. The van der Waals surface area contributed by atoms with E-state index in [0.29, 0.717) is 25.4 Å². The second-order valence-electron chi connectivity index (χ2n) is 6.53. The molecule has 1 aliphatic heterocycles. The fourth-order valence-electron chi connectivity index (χ4n) is 3.26. The van der Waals surface area contributed by atoms with E-state index >= 15 is 0 Å². The molecule has 0 spiro atoms. The zero-order valence-electron chi connectivity index (χ0n) is 14.7. The number of piperidine rings is 1. The van der Waals surface area contributed by atoms with Crippen molar-refractivity contribution in [3.63, 3.8) is 0 Å². The van der Waals surface area contributed by atoms with Gasteiger partial charge in [0.1, 0.15) is 10.6 Å². The second kappa shape index (κ2) is 7.93. The molecule has 144 valence electrons. The van der Waals surface area contributed by atoms with Crippen LogP contribution < -0.4 is 14.8 Å². The highest BCUT2D eigenvalue weighted by Gasteiger charge is 2.27. The van der Waals surface area contributed by atoms with Crippen LogP contribution in [0.5, 0.6) is 5.75 Å². The molecule has 1 saturated heterocycles. The van der Waals surface area contributed by atoms with Crippen LogP contribution in [0.15, 0.2) is 53.4 Å².